The minimum atomic E-state index is -0.193. The van der Waals surface area contributed by atoms with Gasteiger partial charge in [-0.05, 0) is 25.1 Å². The van der Waals surface area contributed by atoms with Gasteiger partial charge in [0.15, 0.2) is 0 Å². The van der Waals surface area contributed by atoms with Gasteiger partial charge in [-0.2, -0.15) is 5.26 Å². The van der Waals surface area contributed by atoms with Crippen molar-refractivity contribution in [3.63, 3.8) is 0 Å². The molecule has 1 N–H and O–H groups in total. The summed E-state index contributed by atoms with van der Waals surface area (Å²) < 4.78 is 5.38. The number of nitrogens with zero attached hydrogens (tertiary/aromatic N) is 4. The summed E-state index contributed by atoms with van der Waals surface area (Å²) in [6.07, 6.45) is 0. The van der Waals surface area contributed by atoms with Crippen molar-refractivity contribution >= 4 is 5.91 Å². The minimum absolute atomic E-state index is 0.193. The van der Waals surface area contributed by atoms with E-state index in [-0.39, 0.29) is 5.91 Å². The summed E-state index contributed by atoms with van der Waals surface area (Å²) in [6, 6.07) is 19.0. The molecule has 1 aliphatic rings. The van der Waals surface area contributed by atoms with Crippen LogP contribution in [0.4, 0.5) is 0 Å². The molecule has 1 aromatic carbocycles. The first-order valence-electron chi connectivity index (χ1n) is 10.7. The lowest BCUT2D eigenvalue weighted by Crippen LogP contribution is -2.41. The van der Waals surface area contributed by atoms with Crippen LogP contribution in [0.25, 0.3) is 22.5 Å². The van der Waals surface area contributed by atoms with Gasteiger partial charge in [0.1, 0.15) is 11.8 Å². The highest BCUT2D eigenvalue weighted by molar-refractivity contribution is 6.02. The van der Waals surface area contributed by atoms with Crippen molar-refractivity contribution in [2.45, 2.75) is 6.92 Å². The van der Waals surface area contributed by atoms with E-state index in [2.05, 4.69) is 21.3 Å². The van der Waals surface area contributed by atoms with Crippen molar-refractivity contribution in [2.24, 2.45) is 0 Å². The van der Waals surface area contributed by atoms with Gasteiger partial charge in [0, 0.05) is 37.3 Å². The highest BCUT2D eigenvalue weighted by atomic mass is 16.5. The average molecular weight is 428 g/mol. The standard InChI is InChI=1S/C25H25N5O2/c1-18-24(25(31)27-10-11-30-12-14-32-15-13-30)21(22-9-5-8-20(17-26)29-22)16-23(28-18)19-6-3-2-4-7-19/h2-9,16H,10-15H2,1H3,(H,27,31). The molecule has 0 atom stereocenters. The smallest absolute Gasteiger partial charge is 0.253 e. The Morgan fingerprint density at radius 1 is 1.09 bits per heavy atom. The highest BCUT2D eigenvalue weighted by Crippen LogP contribution is 2.29. The first-order chi connectivity index (χ1) is 15.7. The molecule has 3 aromatic rings. The van der Waals surface area contributed by atoms with Gasteiger partial charge in [-0.25, -0.2) is 4.98 Å². The van der Waals surface area contributed by atoms with E-state index >= 15 is 0 Å². The Hall–Kier alpha value is -3.60. The molecular weight excluding hydrogens is 402 g/mol. The van der Waals surface area contributed by atoms with Gasteiger partial charge >= 0.3 is 0 Å². The van der Waals surface area contributed by atoms with Gasteiger partial charge in [-0.15, -0.1) is 0 Å². The lowest BCUT2D eigenvalue weighted by molar-refractivity contribution is 0.0383. The zero-order chi connectivity index (χ0) is 22.3. The largest absolute Gasteiger partial charge is 0.379 e. The first-order valence-corrected chi connectivity index (χ1v) is 10.7. The van der Waals surface area contributed by atoms with E-state index < -0.39 is 0 Å². The molecule has 1 amide bonds. The normalized spacial score (nSPS) is 14.0. The average Bonchev–Trinajstić information content (AvgIpc) is 2.84. The number of aryl methyl sites for hydroxylation is 1. The first kappa shape index (κ1) is 21.6. The number of nitriles is 1. The van der Waals surface area contributed by atoms with Gasteiger partial charge in [-0.3, -0.25) is 14.7 Å². The van der Waals surface area contributed by atoms with Crippen molar-refractivity contribution in [1.29, 1.82) is 5.26 Å². The molecule has 1 fully saturated rings. The molecule has 1 saturated heterocycles. The second-order valence-corrected chi connectivity index (χ2v) is 7.61. The van der Waals surface area contributed by atoms with Crippen LogP contribution in [-0.2, 0) is 4.74 Å². The number of benzene rings is 1. The number of pyridine rings is 2. The molecule has 4 rings (SSSR count). The Kier molecular flexibility index (Phi) is 6.85. The fourth-order valence-electron chi connectivity index (χ4n) is 3.81. The van der Waals surface area contributed by atoms with Crippen LogP contribution in [-0.4, -0.2) is 60.2 Å². The highest BCUT2D eigenvalue weighted by Gasteiger charge is 2.20. The number of ether oxygens (including phenoxy) is 1. The zero-order valence-corrected chi connectivity index (χ0v) is 18.0. The van der Waals surface area contributed by atoms with Crippen molar-refractivity contribution in [1.82, 2.24) is 20.2 Å². The monoisotopic (exact) mass is 427 g/mol. The topological polar surface area (TPSA) is 91.1 Å². The maximum absolute atomic E-state index is 13.2. The van der Waals surface area contributed by atoms with Gasteiger partial charge in [-0.1, -0.05) is 36.4 Å². The van der Waals surface area contributed by atoms with Crippen molar-refractivity contribution in [2.75, 3.05) is 39.4 Å². The van der Waals surface area contributed by atoms with Crippen LogP contribution in [0.5, 0.6) is 0 Å². The van der Waals surface area contributed by atoms with E-state index in [0.717, 1.165) is 44.1 Å². The summed E-state index contributed by atoms with van der Waals surface area (Å²) in [6.45, 7) is 6.33. The maximum atomic E-state index is 13.2. The van der Waals surface area contributed by atoms with Gasteiger partial charge < -0.3 is 10.1 Å². The minimum Gasteiger partial charge on any atom is -0.379 e. The molecule has 0 spiro atoms. The number of nitrogens with one attached hydrogen (secondary N) is 1. The van der Waals surface area contributed by atoms with E-state index in [1.54, 1.807) is 12.1 Å². The molecule has 32 heavy (non-hydrogen) atoms. The Balaban J connectivity index is 1.67. The SMILES string of the molecule is Cc1nc(-c2ccccc2)cc(-c2cccc(C#N)n2)c1C(=O)NCCN1CCOCC1. The maximum Gasteiger partial charge on any atom is 0.253 e. The molecule has 7 heteroatoms. The molecule has 2 aromatic heterocycles. The number of rotatable bonds is 6. The molecule has 0 aliphatic carbocycles. The molecule has 7 nitrogen and oxygen atoms in total. The van der Waals surface area contributed by atoms with Gasteiger partial charge in [0.05, 0.1) is 35.9 Å². The van der Waals surface area contributed by atoms with Crippen LogP contribution in [0.15, 0.2) is 54.6 Å². The lowest BCUT2D eigenvalue weighted by Gasteiger charge is -2.26. The summed E-state index contributed by atoms with van der Waals surface area (Å²) in [5, 5.41) is 12.3. The fourth-order valence-corrected chi connectivity index (χ4v) is 3.81. The predicted molar refractivity (Wildman–Crippen MR) is 122 cm³/mol. The second-order valence-electron chi connectivity index (χ2n) is 7.61. The van der Waals surface area contributed by atoms with Crippen LogP contribution < -0.4 is 5.32 Å². The summed E-state index contributed by atoms with van der Waals surface area (Å²) in [4.78, 5) is 24.6. The van der Waals surface area contributed by atoms with Crippen LogP contribution in [0.1, 0.15) is 21.7 Å². The summed E-state index contributed by atoms with van der Waals surface area (Å²) in [7, 11) is 0. The van der Waals surface area contributed by atoms with Crippen molar-refractivity contribution in [3.8, 4) is 28.6 Å². The Labute approximate surface area is 187 Å². The van der Waals surface area contributed by atoms with Crippen LogP contribution in [0.3, 0.4) is 0 Å². The molecule has 0 bridgehead atoms. The number of aromatic nitrogens is 2. The van der Waals surface area contributed by atoms with E-state index in [4.69, 9.17) is 9.72 Å². The molecule has 1 aliphatic heterocycles. The third kappa shape index (κ3) is 4.99. The molecule has 0 radical (unpaired) electrons. The summed E-state index contributed by atoms with van der Waals surface area (Å²) in [5.74, 6) is -0.193. The van der Waals surface area contributed by atoms with Crippen LogP contribution in [0.2, 0.25) is 0 Å². The number of hydrogen-bond donors (Lipinski definition) is 1. The molecule has 0 saturated carbocycles. The number of carbonyl (C=O) groups is 1. The van der Waals surface area contributed by atoms with E-state index in [9.17, 15) is 10.1 Å². The summed E-state index contributed by atoms with van der Waals surface area (Å²) in [5.41, 5.74) is 4.35. The predicted octanol–water partition coefficient (Wildman–Crippen LogP) is 3.05. The third-order valence-electron chi connectivity index (χ3n) is 5.45. The molecular formula is C25H25N5O2. The quantitative estimate of drug-likeness (QED) is 0.650. The number of morpholine rings is 1. The molecule has 3 heterocycles. The molecule has 0 unspecified atom stereocenters. The third-order valence-corrected chi connectivity index (χ3v) is 5.45. The summed E-state index contributed by atoms with van der Waals surface area (Å²) >= 11 is 0. The Morgan fingerprint density at radius 2 is 1.88 bits per heavy atom. The van der Waals surface area contributed by atoms with Crippen molar-refractivity contribution < 1.29 is 9.53 Å². The number of hydrogen-bond acceptors (Lipinski definition) is 6. The van der Waals surface area contributed by atoms with Gasteiger partial charge in [0.25, 0.3) is 5.91 Å². The zero-order valence-electron chi connectivity index (χ0n) is 18.0. The van der Waals surface area contributed by atoms with Gasteiger partial charge in [0.2, 0.25) is 0 Å². The lowest BCUT2D eigenvalue weighted by atomic mass is 9.98. The Morgan fingerprint density at radius 3 is 2.62 bits per heavy atom. The van der Waals surface area contributed by atoms with Crippen LogP contribution >= 0.6 is 0 Å². The van der Waals surface area contributed by atoms with E-state index in [1.807, 2.05) is 49.4 Å². The van der Waals surface area contributed by atoms with Crippen molar-refractivity contribution in [3.05, 3.63) is 71.5 Å². The molecule has 162 valence electrons. The number of carbonyl (C=O) groups excluding carboxylic acids is 1. The Bertz CT molecular complexity index is 1130. The second kappa shape index (κ2) is 10.1. The van der Waals surface area contributed by atoms with Crippen LogP contribution in [0, 0.1) is 18.3 Å². The van der Waals surface area contributed by atoms with E-state index in [1.165, 1.54) is 0 Å². The van der Waals surface area contributed by atoms with E-state index in [0.29, 0.717) is 34.8 Å². The fraction of sp³-hybridized carbons (Fsp3) is 0.280. The number of amides is 1.